The summed E-state index contributed by atoms with van der Waals surface area (Å²) in [6, 6.07) is 13.8. The van der Waals surface area contributed by atoms with E-state index in [0.717, 1.165) is 42.7 Å². The number of unbranched alkanes of at least 4 members (excludes halogenated alkanes) is 1. The van der Waals surface area contributed by atoms with Crippen molar-refractivity contribution in [3.63, 3.8) is 0 Å². The van der Waals surface area contributed by atoms with Crippen LogP contribution in [0.15, 0.2) is 42.5 Å². The van der Waals surface area contributed by atoms with Gasteiger partial charge >= 0.3 is 0 Å². The lowest BCUT2D eigenvalue weighted by Crippen LogP contribution is -2.40. The molecule has 30 heavy (non-hydrogen) atoms. The van der Waals surface area contributed by atoms with Gasteiger partial charge in [-0.05, 0) is 36.6 Å². The summed E-state index contributed by atoms with van der Waals surface area (Å²) < 4.78 is 16.8. The van der Waals surface area contributed by atoms with E-state index in [4.69, 9.17) is 14.2 Å². The maximum Gasteiger partial charge on any atom is 0.234 e. The second kappa shape index (κ2) is 10.9. The number of rotatable bonds is 9. The van der Waals surface area contributed by atoms with Gasteiger partial charge in [0.25, 0.3) is 0 Å². The van der Waals surface area contributed by atoms with Crippen LogP contribution in [0.5, 0.6) is 17.2 Å². The number of carbonyl (C=O) groups is 1. The smallest absolute Gasteiger partial charge is 0.234 e. The van der Waals surface area contributed by atoms with Gasteiger partial charge in [-0.2, -0.15) is 0 Å². The second-order valence-corrected chi connectivity index (χ2v) is 7.63. The van der Waals surface area contributed by atoms with Crippen LogP contribution in [-0.4, -0.2) is 44.2 Å². The quantitative estimate of drug-likeness (QED) is 0.679. The van der Waals surface area contributed by atoms with Crippen LogP contribution < -0.4 is 19.5 Å². The van der Waals surface area contributed by atoms with Gasteiger partial charge in [0.15, 0.2) is 11.5 Å². The van der Waals surface area contributed by atoms with Crippen molar-refractivity contribution in [2.24, 2.45) is 0 Å². The van der Waals surface area contributed by atoms with Gasteiger partial charge in [0, 0.05) is 25.2 Å². The first-order chi connectivity index (χ1) is 14.6. The van der Waals surface area contributed by atoms with Crippen LogP contribution in [0.1, 0.15) is 37.3 Å². The third-order valence-corrected chi connectivity index (χ3v) is 5.31. The van der Waals surface area contributed by atoms with E-state index in [-0.39, 0.29) is 12.0 Å². The average molecular weight is 413 g/mol. The Bertz CT molecular complexity index is 840. The molecule has 2 aromatic rings. The van der Waals surface area contributed by atoms with Crippen LogP contribution in [0.2, 0.25) is 0 Å². The fourth-order valence-electron chi connectivity index (χ4n) is 3.71. The monoisotopic (exact) mass is 412 g/mol. The van der Waals surface area contributed by atoms with Gasteiger partial charge in [0.2, 0.25) is 5.91 Å². The Morgan fingerprint density at radius 1 is 1.17 bits per heavy atom. The zero-order valence-electron chi connectivity index (χ0n) is 18.1. The molecule has 0 saturated carbocycles. The minimum atomic E-state index is -0.00147. The number of nitrogens with zero attached hydrogens (tertiary/aromatic N) is 1. The van der Waals surface area contributed by atoms with E-state index in [2.05, 4.69) is 23.2 Å². The fraction of sp³-hybridized carbons (Fsp3) is 0.458. The van der Waals surface area contributed by atoms with Crippen molar-refractivity contribution in [3.05, 3.63) is 53.6 Å². The number of amides is 1. The van der Waals surface area contributed by atoms with E-state index in [1.54, 1.807) is 14.2 Å². The van der Waals surface area contributed by atoms with E-state index in [0.29, 0.717) is 31.1 Å². The third kappa shape index (κ3) is 5.89. The van der Waals surface area contributed by atoms with E-state index < -0.39 is 0 Å². The molecule has 0 radical (unpaired) electrons. The van der Waals surface area contributed by atoms with Crippen molar-refractivity contribution in [1.29, 1.82) is 0 Å². The van der Waals surface area contributed by atoms with E-state index >= 15 is 0 Å². The van der Waals surface area contributed by atoms with Crippen molar-refractivity contribution in [2.75, 3.05) is 27.3 Å². The van der Waals surface area contributed by atoms with Gasteiger partial charge < -0.3 is 19.5 Å². The number of ether oxygens (including phenoxy) is 3. The summed E-state index contributed by atoms with van der Waals surface area (Å²) in [4.78, 5) is 14.8. The molecule has 1 atom stereocenters. The minimum Gasteiger partial charge on any atom is -0.493 e. The molecule has 6 nitrogen and oxygen atoms in total. The average Bonchev–Trinajstić information content (AvgIpc) is 2.94. The van der Waals surface area contributed by atoms with Crippen LogP contribution in [0.4, 0.5) is 0 Å². The van der Waals surface area contributed by atoms with Crippen LogP contribution in [0.25, 0.3) is 0 Å². The molecule has 0 aliphatic carbocycles. The molecule has 0 aromatic heterocycles. The molecule has 3 rings (SSSR count). The predicted molar refractivity (Wildman–Crippen MR) is 117 cm³/mol. The predicted octanol–water partition coefficient (Wildman–Crippen LogP) is 3.77. The Hall–Kier alpha value is -2.73. The molecule has 0 saturated heterocycles. The molecule has 1 aliphatic heterocycles. The number of hydrogen-bond donors (Lipinski definition) is 1. The van der Waals surface area contributed by atoms with Gasteiger partial charge in [0.05, 0.1) is 20.8 Å². The first-order valence-corrected chi connectivity index (χ1v) is 10.6. The number of methoxy groups -OCH3 is 2. The molecule has 1 amide bonds. The fourth-order valence-corrected chi connectivity index (χ4v) is 3.71. The highest BCUT2D eigenvalue weighted by molar-refractivity contribution is 5.78. The Morgan fingerprint density at radius 3 is 2.73 bits per heavy atom. The standard InChI is InChI=1S/C24H32N2O4/c1-4-5-9-20-16-26(15-19-8-6-7-10-21(19)30-20)17-24(27)25-14-18-11-12-22(28-2)23(13-18)29-3/h6-8,10-13,20H,4-5,9,14-17H2,1-3H3,(H,25,27)/t20-/m1/s1. The highest BCUT2D eigenvalue weighted by Gasteiger charge is 2.23. The SMILES string of the molecule is CCCC[C@@H]1CN(CC(=O)NCc2ccc(OC)c(OC)c2)Cc2ccccc2O1. The third-order valence-electron chi connectivity index (χ3n) is 5.31. The molecular formula is C24H32N2O4. The van der Waals surface area contributed by atoms with Gasteiger partial charge in [-0.25, -0.2) is 0 Å². The van der Waals surface area contributed by atoms with Gasteiger partial charge in [-0.15, -0.1) is 0 Å². The lowest BCUT2D eigenvalue weighted by atomic mass is 10.1. The lowest BCUT2D eigenvalue weighted by Gasteiger charge is -2.23. The molecule has 6 heteroatoms. The maximum atomic E-state index is 12.7. The van der Waals surface area contributed by atoms with Crippen LogP contribution in [0, 0.1) is 0 Å². The van der Waals surface area contributed by atoms with Gasteiger partial charge in [0.1, 0.15) is 11.9 Å². The summed E-state index contributed by atoms with van der Waals surface area (Å²) in [5.41, 5.74) is 2.09. The highest BCUT2D eigenvalue weighted by atomic mass is 16.5. The molecule has 162 valence electrons. The van der Waals surface area contributed by atoms with Crippen molar-refractivity contribution in [2.45, 2.75) is 45.4 Å². The van der Waals surface area contributed by atoms with E-state index in [9.17, 15) is 4.79 Å². The number of fused-ring (bicyclic) bond motifs is 1. The van der Waals surface area contributed by atoms with Crippen LogP contribution in [0.3, 0.4) is 0 Å². The number of hydrogen-bond acceptors (Lipinski definition) is 5. The summed E-state index contributed by atoms with van der Waals surface area (Å²) in [5, 5.41) is 3.02. The van der Waals surface area contributed by atoms with E-state index in [1.165, 1.54) is 0 Å². The summed E-state index contributed by atoms with van der Waals surface area (Å²) >= 11 is 0. The Labute approximate surface area is 179 Å². The summed E-state index contributed by atoms with van der Waals surface area (Å²) in [6.45, 7) is 4.43. The summed E-state index contributed by atoms with van der Waals surface area (Å²) in [6.07, 6.45) is 3.35. The zero-order valence-corrected chi connectivity index (χ0v) is 18.1. The normalized spacial score (nSPS) is 16.2. The molecule has 0 spiro atoms. The maximum absolute atomic E-state index is 12.7. The van der Waals surface area contributed by atoms with Crippen LogP contribution >= 0.6 is 0 Å². The molecule has 0 fully saturated rings. The number of carbonyl (C=O) groups excluding carboxylic acids is 1. The number of para-hydroxylation sites is 1. The second-order valence-electron chi connectivity index (χ2n) is 7.63. The molecule has 1 N–H and O–H groups in total. The number of benzene rings is 2. The van der Waals surface area contributed by atoms with Gasteiger partial charge in [-0.1, -0.05) is 37.6 Å². The molecule has 2 aromatic carbocycles. The van der Waals surface area contributed by atoms with Crippen molar-refractivity contribution in [3.8, 4) is 17.2 Å². The number of nitrogens with one attached hydrogen (secondary N) is 1. The highest BCUT2D eigenvalue weighted by Crippen LogP contribution is 2.28. The minimum absolute atomic E-state index is 0.00147. The largest absolute Gasteiger partial charge is 0.493 e. The first kappa shape index (κ1) is 22.0. The molecular weight excluding hydrogens is 380 g/mol. The summed E-state index contributed by atoms with van der Waals surface area (Å²) in [7, 11) is 3.21. The van der Waals surface area contributed by atoms with Crippen LogP contribution in [-0.2, 0) is 17.9 Å². The Morgan fingerprint density at radius 2 is 1.97 bits per heavy atom. The Kier molecular flexibility index (Phi) is 7.97. The zero-order chi connectivity index (χ0) is 21.3. The van der Waals surface area contributed by atoms with Gasteiger partial charge in [-0.3, -0.25) is 9.69 Å². The van der Waals surface area contributed by atoms with Crippen molar-refractivity contribution >= 4 is 5.91 Å². The molecule has 1 heterocycles. The summed E-state index contributed by atoms with van der Waals surface area (Å²) in [5.74, 6) is 2.27. The molecule has 0 bridgehead atoms. The molecule has 0 unspecified atom stereocenters. The van der Waals surface area contributed by atoms with Crippen molar-refractivity contribution < 1.29 is 19.0 Å². The first-order valence-electron chi connectivity index (χ1n) is 10.6. The van der Waals surface area contributed by atoms with E-state index in [1.807, 2.05) is 36.4 Å². The Balaban J connectivity index is 1.60. The van der Waals surface area contributed by atoms with Crippen molar-refractivity contribution in [1.82, 2.24) is 10.2 Å². The lowest BCUT2D eigenvalue weighted by molar-refractivity contribution is -0.122. The topological polar surface area (TPSA) is 60.0 Å². The molecule has 1 aliphatic rings.